The molecule has 0 aromatic carbocycles. The van der Waals surface area contributed by atoms with Gasteiger partial charge in [-0.3, -0.25) is 9.78 Å². The number of pyridine rings is 1. The van der Waals surface area contributed by atoms with Crippen LogP contribution in [0.2, 0.25) is 0 Å². The molecule has 0 saturated carbocycles. The van der Waals surface area contributed by atoms with Crippen LogP contribution >= 0.6 is 11.3 Å². The zero-order valence-corrected chi connectivity index (χ0v) is 14.4. The molecule has 2 fully saturated rings. The molecule has 6 heteroatoms. The van der Waals surface area contributed by atoms with Crippen molar-refractivity contribution >= 4 is 32.3 Å². The number of hydrogen-bond acceptors (Lipinski definition) is 5. The van der Waals surface area contributed by atoms with Gasteiger partial charge >= 0.3 is 0 Å². The number of rotatable bonds is 3. The standard InChI is InChI=1S/C17H22N4OS/c1-20(2)16-6-12-8-18-14(7-15(12)23-16)17(22)19-13-5-11-3-4-21(9-11)10-13/h6-8,11,13H,3-5,9-10H2,1-2H3,(H,19,22). The predicted octanol–water partition coefficient (Wildman–Crippen LogP) is 2.19. The van der Waals surface area contributed by atoms with Crippen molar-refractivity contribution in [2.24, 2.45) is 5.92 Å². The van der Waals surface area contributed by atoms with E-state index in [1.54, 1.807) is 11.3 Å². The number of nitrogens with zero attached hydrogens (tertiary/aromatic N) is 3. The zero-order valence-electron chi connectivity index (χ0n) is 13.6. The van der Waals surface area contributed by atoms with Crippen molar-refractivity contribution in [3.63, 3.8) is 0 Å². The summed E-state index contributed by atoms with van der Waals surface area (Å²) in [6.07, 6.45) is 4.19. The molecule has 3 atom stereocenters. The lowest BCUT2D eigenvalue weighted by molar-refractivity contribution is 0.0904. The summed E-state index contributed by atoms with van der Waals surface area (Å²) in [5.74, 6) is 0.712. The van der Waals surface area contributed by atoms with Gasteiger partial charge in [0.1, 0.15) is 5.69 Å². The number of hydrogen-bond donors (Lipinski definition) is 1. The van der Waals surface area contributed by atoms with Crippen LogP contribution in [0.15, 0.2) is 18.3 Å². The van der Waals surface area contributed by atoms with Crippen molar-refractivity contribution in [2.45, 2.75) is 18.9 Å². The number of amides is 1. The van der Waals surface area contributed by atoms with Crippen molar-refractivity contribution in [2.75, 3.05) is 38.6 Å². The number of anilines is 1. The summed E-state index contributed by atoms with van der Waals surface area (Å²) in [6, 6.07) is 4.29. The van der Waals surface area contributed by atoms with Crippen LogP contribution in [0, 0.1) is 5.92 Å². The molecule has 3 unspecified atom stereocenters. The van der Waals surface area contributed by atoms with Crippen LogP contribution in [-0.4, -0.2) is 55.6 Å². The third-order valence-corrected chi connectivity index (χ3v) is 6.13. The molecule has 5 nitrogen and oxygen atoms in total. The second-order valence-electron chi connectivity index (χ2n) is 6.91. The Hall–Kier alpha value is -1.66. The third kappa shape index (κ3) is 2.93. The number of carbonyl (C=O) groups is 1. The number of piperidine rings is 1. The molecular formula is C17H22N4OS. The number of nitrogens with one attached hydrogen (secondary N) is 1. The third-order valence-electron chi connectivity index (χ3n) is 4.86. The molecule has 2 bridgehead atoms. The molecule has 23 heavy (non-hydrogen) atoms. The average Bonchev–Trinajstić information content (AvgIpc) is 3.09. The van der Waals surface area contributed by atoms with Gasteiger partial charge in [0, 0.05) is 49.5 Å². The normalized spacial score (nSPS) is 26.4. The molecule has 1 N–H and O–H groups in total. The quantitative estimate of drug-likeness (QED) is 0.937. The first-order chi connectivity index (χ1) is 11.1. The zero-order chi connectivity index (χ0) is 16.0. The molecule has 2 aliphatic rings. The second kappa shape index (κ2) is 5.76. The fourth-order valence-corrected chi connectivity index (χ4v) is 4.68. The van der Waals surface area contributed by atoms with Gasteiger partial charge in [0.05, 0.1) is 5.00 Å². The monoisotopic (exact) mass is 330 g/mol. The maximum atomic E-state index is 12.5. The van der Waals surface area contributed by atoms with E-state index in [0.29, 0.717) is 5.69 Å². The highest BCUT2D eigenvalue weighted by Gasteiger charge is 2.33. The lowest BCUT2D eigenvalue weighted by atomic mass is 9.97. The Balaban J connectivity index is 1.50. The minimum absolute atomic E-state index is 0.0424. The van der Waals surface area contributed by atoms with Crippen molar-refractivity contribution < 1.29 is 4.79 Å². The molecule has 1 amide bonds. The van der Waals surface area contributed by atoms with Gasteiger partial charge in [0.15, 0.2) is 0 Å². The van der Waals surface area contributed by atoms with Gasteiger partial charge in [-0.15, -0.1) is 11.3 Å². The van der Waals surface area contributed by atoms with E-state index >= 15 is 0 Å². The molecule has 4 heterocycles. The van der Waals surface area contributed by atoms with Crippen LogP contribution in [0.3, 0.4) is 0 Å². The highest BCUT2D eigenvalue weighted by Crippen LogP contribution is 2.31. The van der Waals surface area contributed by atoms with E-state index in [2.05, 4.69) is 26.2 Å². The lowest BCUT2D eigenvalue weighted by Gasteiger charge is -2.30. The van der Waals surface area contributed by atoms with Crippen molar-refractivity contribution in [3.8, 4) is 0 Å². The predicted molar refractivity (Wildman–Crippen MR) is 94.4 cm³/mol. The van der Waals surface area contributed by atoms with E-state index in [1.165, 1.54) is 24.5 Å². The van der Waals surface area contributed by atoms with Crippen LogP contribution in [0.4, 0.5) is 5.00 Å². The minimum atomic E-state index is -0.0424. The van der Waals surface area contributed by atoms with Gasteiger partial charge in [-0.05, 0) is 37.4 Å². The summed E-state index contributed by atoms with van der Waals surface area (Å²) in [5.41, 5.74) is 0.526. The fourth-order valence-electron chi connectivity index (χ4n) is 3.69. The molecular weight excluding hydrogens is 308 g/mol. The van der Waals surface area contributed by atoms with Crippen LogP contribution < -0.4 is 10.2 Å². The van der Waals surface area contributed by atoms with Gasteiger partial charge in [-0.25, -0.2) is 0 Å². The number of carbonyl (C=O) groups excluding carboxylic acids is 1. The molecule has 0 aliphatic carbocycles. The Morgan fingerprint density at radius 3 is 3.04 bits per heavy atom. The second-order valence-corrected chi connectivity index (χ2v) is 7.97. The van der Waals surface area contributed by atoms with E-state index < -0.39 is 0 Å². The SMILES string of the molecule is CN(C)c1cc2cnc(C(=O)NC3CC4CCN(C4)C3)cc2s1. The summed E-state index contributed by atoms with van der Waals surface area (Å²) in [7, 11) is 4.05. The van der Waals surface area contributed by atoms with Crippen LogP contribution in [-0.2, 0) is 0 Å². The van der Waals surface area contributed by atoms with Crippen LogP contribution in [0.1, 0.15) is 23.3 Å². The minimum Gasteiger partial charge on any atom is -0.370 e. The van der Waals surface area contributed by atoms with Crippen LogP contribution in [0.5, 0.6) is 0 Å². The van der Waals surface area contributed by atoms with Crippen molar-refractivity contribution in [1.29, 1.82) is 0 Å². The van der Waals surface area contributed by atoms with Gasteiger partial charge in [-0.1, -0.05) is 0 Å². The highest BCUT2D eigenvalue weighted by atomic mass is 32.1. The van der Waals surface area contributed by atoms with Crippen molar-refractivity contribution in [3.05, 3.63) is 24.0 Å². The van der Waals surface area contributed by atoms with Gasteiger partial charge in [-0.2, -0.15) is 0 Å². The van der Waals surface area contributed by atoms with E-state index in [0.717, 1.165) is 29.0 Å². The van der Waals surface area contributed by atoms with Gasteiger partial charge in [0.2, 0.25) is 0 Å². The summed E-state index contributed by atoms with van der Waals surface area (Å²) in [4.78, 5) is 21.4. The van der Waals surface area contributed by atoms with E-state index in [4.69, 9.17) is 0 Å². The highest BCUT2D eigenvalue weighted by molar-refractivity contribution is 7.22. The topological polar surface area (TPSA) is 48.5 Å². The van der Waals surface area contributed by atoms with E-state index in [-0.39, 0.29) is 11.9 Å². The molecule has 2 aliphatic heterocycles. The number of aromatic nitrogens is 1. The molecule has 2 aromatic rings. The van der Waals surface area contributed by atoms with E-state index in [9.17, 15) is 4.79 Å². The molecule has 2 saturated heterocycles. The molecule has 122 valence electrons. The smallest absolute Gasteiger partial charge is 0.270 e. The van der Waals surface area contributed by atoms with E-state index in [1.807, 2.05) is 26.4 Å². The first kappa shape index (κ1) is 14.9. The Morgan fingerprint density at radius 2 is 2.26 bits per heavy atom. The Labute approximate surface area is 140 Å². The summed E-state index contributed by atoms with van der Waals surface area (Å²) >= 11 is 1.69. The summed E-state index contributed by atoms with van der Waals surface area (Å²) in [6.45, 7) is 3.37. The molecule has 2 aromatic heterocycles. The maximum absolute atomic E-state index is 12.5. The molecule has 4 rings (SSSR count). The van der Waals surface area contributed by atoms with Crippen molar-refractivity contribution in [1.82, 2.24) is 15.2 Å². The fraction of sp³-hybridized carbons (Fsp3) is 0.529. The largest absolute Gasteiger partial charge is 0.370 e. The average molecular weight is 330 g/mol. The molecule has 0 spiro atoms. The number of fused-ring (bicyclic) bond motifs is 3. The maximum Gasteiger partial charge on any atom is 0.270 e. The first-order valence-electron chi connectivity index (χ1n) is 8.18. The summed E-state index contributed by atoms with van der Waals surface area (Å²) in [5, 5.41) is 5.45. The van der Waals surface area contributed by atoms with Gasteiger partial charge in [0.25, 0.3) is 5.91 Å². The van der Waals surface area contributed by atoms with Crippen LogP contribution in [0.25, 0.3) is 10.1 Å². The molecule has 0 radical (unpaired) electrons. The first-order valence-corrected chi connectivity index (χ1v) is 9.00. The van der Waals surface area contributed by atoms with Gasteiger partial charge < -0.3 is 15.1 Å². The Bertz CT molecular complexity index is 729. The Kier molecular flexibility index (Phi) is 3.73. The number of thiophene rings is 1. The summed E-state index contributed by atoms with van der Waals surface area (Å²) < 4.78 is 1.11. The Morgan fingerprint density at radius 1 is 1.39 bits per heavy atom. The lowest BCUT2D eigenvalue weighted by Crippen LogP contribution is -2.47.